The second-order valence-electron chi connectivity index (χ2n) is 6.01. The number of nitrogens with two attached hydrogens (primary N) is 1. The monoisotopic (exact) mass is 359 g/mol. The van der Waals surface area contributed by atoms with E-state index in [1.807, 2.05) is 30.3 Å². The van der Waals surface area contributed by atoms with Crippen molar-refractivity contribution in [3.8, 4) is 0 Å². The Morgan fingerprint density at radius 1 is 1.24 bits per heavy atom. The van der Waals surface area contributed by atoms with Crippen LogP contribution in [0, 0.1) is 0 Å². The van der Waals surface area contributed by atoms with E-state index in [2.05, 4.69) is 4.72 Å². The van der Waals surface area contributed by atoms with Gasteiger partial charge < -0.3 is 10.6 Å². The lowest BCUT2D eigenvalue weighted by Gasteiger charge is -2.20. The highest BCUT2D eigenvalue weighted by atomic mass is 32.2. The Labute approximate surface area is 147 Å². The number of amides is 1. The number of fused-ring (bicyclic) bond motifs is 1. The lowest BCUT2D eigenvalue weighted by Crippen LogP contribution is -2.31. The van der Waals surface area contributed by atoms with Crippen molar-refractivity contribution < 1.29 is 13.2 Å². The van der Waals surface area contributed by atoms with Crippen molar-refractivity contribution in [1.29, 1.82) is 0 Å². The first-order valence-electron chi connectivity index (χ1n) is 8.10. The summed E-state index contributed by atoms with van der Waals surface area (Å²) in [6, 6.07) is 14.0. The Balaban J connectivity index is 1.77. The third-order valence-corrected chi connectivity index (χ3v) is 5.86. The Morgan fingerprint density at radius 3 is 2.64 bits per heavy atom. The van der Waals surface area contributed by atoms with Crippen LogP contribution >= 0.6 is 0 Å². The SMILES string of the molecule is CNS(=O)(=O)c1ccc2c(c1)CCN2C(=O)CC(N)c1ccccc1. The van der Waals surface area contributed by atoms with Gasteiger partial charge in [-0.2, -0.15) is 0 Å². The summed E-state index contributed by atoms with van der Waals surface area (Å²) in [7, 11) is -2.11. The molecule has 1 atom stereocenters. The van der Waals surface area contributed by atoms with Gasteiger partial charge in [0, 0.05) is 24.7 Å². The molecule has 0 aliphatic carbocycles. The van der Waals surface area contributed by atoms with E-state index in [0.29, 0.717) is 13.0 Å². The first-order valence-corrected chi connectivity index (χ1v) is 9.58. The number of benzene rings is 2. The van der Waals surface area contributed by atoms with Crippen LogP contribution in [0.4, 0.5) is 5.69 Å². The highest BCUT2D eigenvalue weighted by Gasteiger charge is 2.27. The van der Waals surface area contributed by atoms with Gasteiger partial charge in [0.15, 0.2) is 0 Å². The number of carbonyl (C=O) groups excluding carboxylic acids is 1. The molecule has 0 bridgehead atoms. The normalized spacial score (nSPS) is 15.0. The zero-order valence-electron chi connectivity index (χ0n) is 14.0. The Kier molecular flexibility index (Phi) is 4.89. The molecule has 1 amide bonds. The van der Waals surface area contributed by atoms with E-state index in [0.717, 1.165) is 16.8 Å². The van der Waals surface area contributed by atoms with Gasteiger partial charge in [-0.05, 0) is 42.8 Å². The number of carbonyl (C=O) groups is 1. The van der Waals surface area contributed by atoms with Gasteiger partial charge in [0.05, 0.1) is 4.90 Å². The number of anilines is 1. The molecule has 0 radical (unpaired) electrons. The maximum atomic E-state index is 12.6. The fourth-order valence-electron chi connectivity index (χ4n) is 3.04. The zero-order chi connectivity index (χ0) is 18.0. The number of hydrogen-bond acceptors (Lipinski definition) is 4. The Morgan fingerprint density at radius 2 is 1.96 bits per heavy atom. The molecular formula is C18H21N3O3S. The van der Waals surface area contributed by atoms with Crippen molar-refractivity contribution >= 4 is 21.6 Å². The number of hydrogen-bond donors (Lipinski definition) is 2. The quantitative estimate of drug-likeness (QED) is 0.848. The topological polar surface area (TPSA) is 92.5 Å². The summed E-state index contributed by atoms with van der Waals surface area (Å²) in [4.78, 5) is 14.5. The highest BCUT2D eigenvalue weighted by molar-refractivity contribution is 7.89. The van der Waals surface area contributed by atoms with Crippen LogP contribution in [0.2, 0.25) is 0 Å². The predicted octanol–water partition coefficient (Wildman–Crippen LogP) is 1.57. The zero-order valence-corrected chi connectivity index (χ0v) is 14.8. The maximum Gasteiger partial charge on any atom is 0.240 e. The van der Waals surface area contributed by atoms with Crippen molar-refractivity contribution in [3.63, 3.8) is 0 Å². The van der Waals surface area contributed by atoms with Crippen molar-refractivity contribution in [1.82, 2.24) is 4.72 Å². The second-order valence-corrected chi connectivity index (χ2v) is 7.90. The van der Waals surface area contributed by atoms with Crippen molar-refractivity contribution in [3.05, 3.63) is 59.7 Å². The van der Waals surface area contributed by atoms with Gasteiger partial charge in [-0.1, -0.05) is 30.3 Å². The summed E-state index contributed by atoms with van der Waals surface area (Å²) >= 11 is 0. The predicted molar refractivity (Wildman–Crippen MR) is 96.7 cm³/mol. The van der Waals surface area contributed by atoms with Crippen molar-refractivity contribution in [2.24, 2.45) is 5.73 Å². The van der Waals surface area contributed by atoms with E-state index in [9.17, 15) is 13.2 Å². The molecule has 3 N–H and O–H groups in total. The van der Waals surface area contributed by atoms with Gasteiger partial charge in [0.1, 0.15) is 0 Å². The molecule has 6 nitrogen and oxygen atoms in total. The summed E-state index contributed by atoms with van der Waals surface area (Å²) in [6.07, 6.45) is 0.842. The van der Waals surface area contributed by atoms with Crippen LogP contribution < -0.4 is 15.4 Å². The highest BCUT2D eigenvalue weighted by Crippen LogP contribution is 2.31. The van der Waals surface area contributed by atoms with E-state index >= 15 is 0 Å². The van der Waals surface area contributed by atoms with Gasteiger partial charge in [-0.3, -0.25) is 4.79 Å². The minimum Gasteiger partial charge on any atom is -0.324 e. The smallest absolute Gasteiger partial charge is 0.240 e. The van der Waals surface area contributed by atoms with Gasteiger partial charge in [0.2, 0.25) is 15.9 Å². The molecule has 0 fully saturated rings. The van der Waals surface area contributed by atoms with Crippen LogP contribution in [0.3, 0.4) is 0 Å². The summed E-state index contributed by atoms with van der Waals surface area (Å²) in [6.45, 7) is 0.540. The molecule has 3 rings (SSSR count). The third-order valence-electron chi connectivity index (χ3n) is 4.45. The lowest BCUT2D eigenvalue weighted by molar-refractivity contribution is -0.118. The second kappa shape index (κ2) is 6.95. The summed E-state index contributed by atoms with van der Waals surface area (Å²) < 4.78 is 26.1. The lowest BCUT2D eigenvalue weighted by atomic mass is 10.0. The summed E-state index contributed by atoms with van der Waals surface area (Å²) in [5.41, 5.74) is 8.69. The first-order chi connectivity index (χ1) is 11.9. The molecule has 1 unspecified atom stereocenters. The average molecular weight is 359 g/mol. The molecule has 1 aliphatic heterocycles. The van der Waals surface area contributed by atoms with Crippen LogP contribution in [0.5, 0.6) is 0 Å². The van der Waals surface area contributed by atoms with Gasteiger partial charge in [0.25, 0.3) is 0 Å². The number of nitrogens with one attached hydrogen (secondary N) is 1. The van der Waals surface area contributed by atoms with Crippen LogP contribution in [0.1, 0.15) is 23.6 Å². The molecule has 0 saturated heterocycles. The van der Waals surface area contributed by atoms with Crippen LogP contribution in [0.25, 0.3) is 0 Å². The van der Waals surface area contributed by atoms with Crippen molar-refractivity contribution in [2.75, 3.05) is 18.5 Å². The Bertz CT molecular complexity index is 882. The standard InChI is InChI=1S/C18H21N3O3S/c1-20-25(23,24)15-7-8-17-14(11-15)9-10-21(17)18(22)12-16(19)13-5-3-2-4-6-13/h2-8,11,16,20H,9-10,12,19H2,1H3. The molecule has 1 aliphatic rings. The van der Waals surface area contributed by atoms with Crippen LogP contribution in [-0.2, 0) is 21.2 Å². The van der Waals surface area contributed by atoms with Crippen LogP contribution in [-0.4, -0.2) is 27.9 Å². The van der Waals surface area contributed by atoms with Gasteiger partial charge >= 0.3 is 0 Å². The minimum absolute atomic E-state index is 0.0562. The fraction of sp³-hybridized carbons (Fsp3) is 0.278. The van der Waals surface area contributed by atoms with Crippen LogP contribution in [0.15, 0.2) is 53.4 Å². The van der Waals surface area contributed by atoms with E-state index in [4.69, 9.17) is 5.73 Å². The number of sulfonamides is 1. The molecule has 0 spiro atoms. The molecule has 2 aromatic rings. The van der Waals surface area contributed by atoms with Crippen molar-refractivity contribution in [2.45, 2.75) is 23.8 Å². The molecule has 7 heteroatoms. The number of rotatable bonds is 5. The van der Waals surface area contributed by atoms with E-state index < -0.39 is 10.0 Å². The van der Waals surface area contributed by atoms with E-state index in [-0.39, 0.29) is 23.3 Å². The Hall–Kier alpha value is -2.22. The molecular weight excluding hydrogens is 338 g/mol. The number of nitrogens with zero attached hydrogens (tertiary/aromatic N) is 1. The maximum absolute atomic E-state index is 12.6. The first kappa shape index (κ1) is 17.6. The average Bonchev–Trinajstić information content (AvgIpc) is 3.05. The van der Waals surface area contributed by atoms with Gasteiger partial charge in [-0.15, -0.1) is 0 Å². The minimum atomic E-state index is -3.49. The molecule has 1 heterocycles. The van der Waals surface area contributed by atoms with Gasteiger partial charge in [-0.25, -0.2) is 13.1 Å². The molecule has 25 heavy (non-hydrogen) atoms. The van der Waals surface area contributed by atoms with E-state index in [1.54, 1.807) is 17.0 Å². The largest absolute Gasteiger partial charge is 0.324 e. The molecule has 0 aromatic heterocycles. The molecule has 2 aromatic carbocycles. The molecule has 132 valence electrons. The summed E-state index contributed by atoms with van der Waals surface area (Å²) in [5, 5.41) is 0. The fourth-order valence-corrected chi connectivity index (χ4v) is 3.82. The van der Waals surface area contributed by atoms with E-state index in [1.165, 1.54) is 13.1 Å². The summed E-state index contributed by atoms with van der Waals surface area (Å²) in [5.74, 6) is -0.0562. The molecule has 0 saturated carbocycles. The third kappa shape index (κ3) is 3.58.